The molecule has 5 rings (SSSR count). The van der Waals surface area contributed by atoms with Crippen LogP contribution in [0.25, 0.3) is 0 Å². The number of likely N-dealkylation sites (tertiary alicyclic amines) is 3. The highest BCUT2D eigenvalue weighted by molar-refractivity contribution is 5.89. The van der Waals surface area contributed by atoms with Gasteiger partial charge < -0.3 is 25.0 Å². The van der Waals surface area contributed by atoms with E-state index in [1.807, 2.05) is 16.7 Å². The molecule has 4 fully saturated rings. The van der Waals surface area contributed by atoms with Crippen molar-refractivity contribution in [1.82, 2.24) is 20.0 Å². The molecule has 7 atom stereocenters. The van der Waals surface area contributed by atoms with Gasteiger partial charge in [0.1, 0.15) is 17.7 Å². The lowest BCUT2D eigenvalue weighted by atomic mass is 10.0. The van der Waals surface area contributed by atoms with Gasteiger partial charge in [-0.25, -0.2) is 9.59 Å². The summed E-state index contributed by atoms with van der Waals surface area (Å²) >= 11 is 0. The van der Waals surface area contributed by atoms with Crippen LogP contribution in [0, 0.1) is 17.2 Å². The molecule has 4 aliphatic rings. The van der Waals surface area contributed by atoms with Crippen molar-refractivity contribution in [3.05, 3.63) is 35.4 Å². The number of fused-ring (bicyclic) bond motifs is 3. The van der Waals surface area contributed by atoms with Crippen molar-refractivity contribution in [2.24, 2.45) is 5.92 Å². The van der Waals surface area contributed by atoms with Gasteiger partial charge in [-0.3, -0.25) is 14.5 Å². The Balaban J connectivity index is 1.30. The van der Waals surface area contributed by atoms with Crippen molar-refractivity contribution in [3.63, 3.8) is 0 Å². The third-order valence-electron chi connectivity index (χ3n) is 8.29. The molecule has 0 radical (unpaired) electrons. The fourth-order valence-corrected chi connectivity index (χ4v) is 6.40. The third kappa shape index (κ3) is 5.17. The zero-order valence-corrected chi connectivity index (χ0v) is 22.7. The lowest BCUT2D eigenvalue weighted by Gasteiger charge is -2.39. The number of alkyl carbamates (subject to hydrolysis) is 1. The first-order valence-electron chi connectivity index (χ1n) is 13.5. The van der Waals surface area contributed by atoms with Crippen LogP contribution < -0.4 is 5.32 Å². The summed E-state index contributed by atoms with van der Waals surface area (Å²) in [5, 5.41) is 21.5. The zero-order valence-electron chi connectivity index (χ0n) is 22.7. The summed E-state index contributed by atoms with van der Waals surface area (Å²) in [5.41, 5.74) is 0.292. The molecule has 11 heteroatoms. The minimum absolute atomic E-state index is 0.0330. The molecular formula is C28H35N5O6. The van der Waals surface area contributed by atoms with Crippen LogP contribution in [0.2, 0.25) is 0 Å². The lowest BCUT2D eigenvalue weighted by molar-refractivity contribution is -0.141. The maximum Gasteiger partial charge on any atom is 0.408 e. The number of nitriles is 1. The second kappa shape index (κ2) is 9.83. The van der Waals surface area contributed by atoms with Crippen molar-refractivity contribution < 1.29 is 29.0 Å². The van der Waals surface area contributed by atoms with E-state index in [-0.39, 0.29) is 42.0 Å². The molecule has 5 unspecified atom stereocenters. The zero-order chi connectivity index (χ0) is 28.2. The minimum atomic E-state index is -1.00. The first kappa shape index (κ1) is 26.9. The number of benzene rings is 1. The number of amides is 3. The van der Waals surface area contributed by atoms with Gasteiger partial charge in [0.15, 0.2) is 0 Å². The van der Waals surface area contributed by atoms with Crippen LogP contribution in [-0.4, -0.2) is 92.6 Å². The van der Waals surface area contributed by atoms with Gasteiger partial charge in [0.25, 0.3) is 0 Å². The van der Waals surface area contributed by atoms with Crippen LogP contribution in [0.3, 0.4) is 0 Å². The third-order valence-corrected chi connectivity index (χ3v) is 8.29. The SMILES string of the molecule is CC(c1ccc(C(=O)O)cc1)N1C(=O)C2C[C@H]1CN2CC(NC(=O)OC(C)(C)C)C(=O)N1C(C#N)CC2C[C@@H]21. The number of ether oxygens (including phenoxy) is 1. The summed E-state index contributed by atoms with van der Waals surface area (Å²) in [5.74, 6) is -1.03. The molecule has 1 aromatic carbocycles. The smallest absolute Gasteiger partial charge is 0.408 e. The average molecular weight is 538 g/mol. The second-order valence-corrected chi connectivity index (χ2v) is 12.1. The van der Waals surface area contributed by atoms with Gasteiger partial charge in [-0.15, -0.1) is 0 Å². The van der Waals surface area contributed by atoms with Crippen LogP contribution in [-0.2, 0) is 14.3 Å². The van der Waals surface area contributed by atoms with Crippen molar-refractivity contribution in [1.29, 1.82) is 5.26 Å². The minimum Gasteiger partial charge on any atom is -0.478 e. The number of hydrogen-bond donors (Lipinski definition) is 2. The molecule has 208 valence electrons. The fraction of sp³-hybridized carbons (Fsp3) is 0.607. The van der Waals surface area contributed by atoms with Crippen molar-refractivity contribution in [2.45, 2.75) is 88.8 Å². The highest BCUT2D eigenvalue weighted by Gasteiger charge is 2.56. The molecule has 11 nitrogen and oxygen atoms in total. The Hall–Kier alpha value is -3.65. The first-order valence-corrected chi connectivity index (χ1v) is 13.5. The van der Waals surface area contributed by atoms with Gasteiger partial charge in [0.2, 0.25) is 11.8 Å². The van der Waals surface area contributed by atoms with Crippen LogP contribution in [0.4, 0.5) is 4.79 Å². The Kier molecular flexibility index (Phi) is 6.79. The lowest BCUT2D eigenvalue weighted by Crippen LogP contribution is -2.59. The van der Waals surface area contributed by atoms with Crippen LogP contribution in [0.15, 0.2) is 24.3 Å². The number of nitrogens with one attached hydrogen (secondary N) is 1. The Labute approximate surface area is 227 Å². The number of carbonyl (C=O) groups excluding carboxylic acids is 3. The number of nitrogens with zero attached hydrogens (tertiary/aromatic N) is 4. The number of piperazine rings is 1. The van der Waals surface area contributed by atoms with Gasteiger partial charge in [0, 0.05) is 25.2 Å². The van der Waals surface area contributed by atoms with Crippen molar-refractivity contribution in [3.8, 4) is 6.07 Å². The predicted molar refractivity (Wildman–Crippen MR) is 138 cm³/mol. The maximum atomic E-state index is 13.7. The molecule has 3 saturated heterocycles. The normalized spacial score (nSPS) is 29.0. The molecule has 1 aromatic rings. The topological polar surface area (TPSA) is 143 Å². The van der Waals surface area contributed by atoms with E-state index in [4.69, 9.17) is 4.74 Å². The molecule has 1 aliphatic carbocycles. The Morgan fingerprint density at radius 3 is 2.46 bits per heavy atom. The Morgan fingerprint density at radius 2 is 1.87 bits per heavy atom. The van der Waals surface area contributed by atoms with Crippen LogP contribution in [0.1, 0.15) is 68.9 Å². The maximum absolute atomic E-state index is 13.7. The van der Waals surface area contributed by atoms with Gasteiger partial charge in [-0.2, -0.15) is 5.26 Å². The molecule has 2 N–H and O–H groups in total. The molecule has 0 spiro atoms. The molecular weight excluding hydrogens is 502 g/mol. The Bertz CT molecular complexity index is 1220. The summed E-state index contributed by atoms with van der Waals surface area (Å²) in [7, 11) is 0. The van der Waals surface area contributed by atoms with E-state index < -0.39 is 35.8 Å². The number of carboxylic acids is 1. The fourth-order valence-electron chi connectivity index (χ4n) is 6.40. The molecule has 3 heterocycles. The van der Waals surface area contributed by atoms with Crippen LogP contribution >= 0.6 is 0 Å². The van der Waals surface area contributed by atoms with E-state index >= 15 is 0 Å². The van der Waals surface area contributed by atoms with Gasteiger partial charge >= 0.3 is 12.1 Å². The van der Waals surface area contributed by atoms with Crippen LogP contribution in [0.5, 0.6) is 0 Å². The Morgan fingerprint density at radius 1 is 1.18 bits per heavy atom. The number of carboxylic acid groups (broad SMARTS) is 1. The van der Waals surface area contributed by atoms with E-state index in [0.29, 0.717) is 25.3 Å². The van der Waals surface area contributed by atoms with Gasteiger partial charge in [-0.1, -0.05) is 12.1 Å². The highest BCUT2D eigenvalue weighted by Crippen LogP contribution is 2.48. The van der Waals surface area contributed by atoms with E-state index in [1.54, 1.807) is 37.8 Å². The molecule has 3 aliphatic heterocycles. The predicted octanol–water partition coefficient (Wildman–Crippen LogP) is 2.14. The number of piperidine rings is 1. The van der Waals surface area contributed by atoms with E-state index in [9.17, 15) is 29.5 Å². The number of hydrogen-bond acceptors (Lipinski definition) is 7. The summed E-state index contributed by atoms with van der Waals surface area (Å²) in [4.78, 5) is 56.5. The molecule has 1 saturated carbocycles. The number of carbonyl (C=O) groups is 4. The largest absolute Gasteiger partial charge is 0.478 e. The van der Waals surface area contributed by atoms with E-state index in [2.05, 4.69) is 11.4 Å². The summed E-state index contributed by atoms with van der Waals surface area (Å²) in [6.07, 6.45) is 1.42. The molecule has 0 aromatic heterocycles. The highest BCUT2D eigenvalue weighted by atomic mass is 16.6. The van der Waals surface area contributed by atoms with Crippen molar-refractivity contribution in [2.75, 3.05) is 13.1 Å². The number of rotatable bonds is 7. The summed E-state index contributed by atoms with van der Waals surface area (Å²) < 4.78 is 5.42. The standard InChI is InChI=1S/C28H35N5O6/c1-15(16-5-7-17(8-6-16)26(36)37)32-20-11-23(25(32)35)31(13-20)14-21(30-27(38)39-28(2,3)4)24(34)33-19(12-29)9-18-10-22(18)33/h5-8,15,18-23H,9-11,13-14H2,1-4H3,(H,30,38)(H,36,37)/t15?,18?,19?,20-,21?,22-,23?/m0/s1. The summed E-state index contributed by atoms with van der Waals surface area (Å²) in [6, 6.07) is 6.62. The van der Waals surface area contributed by atoms with Gasteiger partial charge in [-0.05, 0) is 70.6 Å². The number of aromatic carboxylic acids is 1. The average Bonchev–Trinajstić information content (AvgIpc) is 3.18. The molecule has 3 amide bonds. The van der Waals surface area contributed by atoms with E-state index in [0.717, 1.165) is 12.0 Å². The van der Waals surface area contributed by atoms with E-state index in [1.165, 1.54) is 12.1 Å². The second-order valence-electron chi connectivity index (χ2n) is 12.1. The van der Waals surface area contributed by atoms with Gasteiger partial charge in [0.05, 0.1) is 23.7 Å². The quantitative estimate of drug-likeness (QED) is 0.539. The monoisotopic (exact) mass is 537 g/mol. The molecule has 39 heavy (non-hydrogen) atoms. The first-order chi connectivity index (χ1) is 18.4. The molecule has 2 bridgehead atoms. The summed E-state index contributed by atoms with van der Waals surface area (Å²) in [6.45, 7) is 7.85. The van der Waals surface area contributed by atoms with Crippen molar-refractivity contribution >= 4 is 23.9 Å².